The Morgan fingerprint density at radius 2 is 2.00 bits per heavy atom. The maximum absolute atomic E-state index is 12.2. The molecule has 0 aromatic carbocycles. The minimum absolute atomic E-state index is 0.245. The molecule has 1 rings (SSSR count). The Morgan fingerprint density at radius 1 is 1.36 bits per heavy atom. The van der Waals surface area contributed by atoms with Crippen LogP contribution in [0.4, 0.5) is 13.2 Å². The normalized spacial score (nSPS) is 12.1. The van der Waals surface area contributed by atoms with E-state index in [0.717, 1.165) is 12.3 Å². The van der Waals surface area contributed by atoms with Gasteiger partial charge in [0, 0.05) is 12.6 Å². The van der Waals surface area contributed by atoms with Crippen LogP contribution in [0.15, 0.2) is 12.3 Å². The monoisotopic (exact) mass is 204 g/mol. The zero-order valence-electron chi connectivity index (χ0n) is 7.97. The van der Waals surface area contributed by atoms with Gasteiger partial charge in [-0.15, -0.1) is 0 Å². The van der Waals surface area contributed by atoms with Crippen LogP contribution in [-0.4, -0.2) is 9.97 Å². The number of aromatic nitrogens is 2. The van der Waals surface area contributed by atoms with Crippen LogP contribution >= 0.6 is 0 Å². The van der Waals surface area contributed by atoms with Crippen LogP contribution in [0, 0.1) is 5.92 Å². The molecule has 0 aliphatic rings. The van der Waals surface area contributed by atoms with Gasteiger partial charge in [-0.1, -0.05) is 13.8 Å². The second kappa shape index (κ2) is 3.94. The summed E-state index contributed by atoms with van der Waals surface area (Å²) in [5.41, 5.74) is -0.872. The number of halogens is 3. The van der Waals surface area contributed by atoms with Gasteiger partial charge >= 0.3 is 6.18 Å². The number of rotatable bonds is 2. The van der Waals surface area contributed by atoms with Gasteiger partial charge < -0.3 is 0 Å². The third-order valence-electron chi connectivity index (χ3n) is 1.59. The molecule has 5 heteroatoms. The fourth-order valence-electron chi connectivity index (χ4n) is 1.02. The Balaban J connectivity index is 2.90. The van der Waals surface area contributed by atoms with Gasteiger partial charge in [0.25, 0.3) is 0 Å². The van der Waals surface area contributed by atoms with Gasteiger partial charge in [-0.2, -0.15) is 13.2 Å². The van der Waals surface area contributed by atoms with Crippen LogP contribution < -0.4 is 0 Å². The molecule has 1 aromatic rings. The highest BCUT2D eigenvalue weighted by Crippen LogP contribution is 2.27. The Kier molecular flexibility index (Phi) is 3.08. The average molecular weight is 204 g/mol. The predicted molar refractivity (Wildman–Crippen MR) is 45.6 cm³/mol. The fraction of sp³-hybridized carbons (Fsp3) is 0.556. The summed E-state index contributed by atoms with van der Waals surface area (Å²) >= 11 is 0. The summed E-state index contributed by atoms with van der Waals surface area (Å²) in [7, 11) is 0. The first-order valence-corrected chi connectivity index (χ1v) is 4.28. The third-order valence-corrected chi connectivity index (χ3v) is 1.59. The van der Waals surface area contributed by atoms with Gasteiger partial charge in [-0.25, -0.2) is 9.97 Å². The van der Waals surface area contributed by atoms with Crippen molar-refractivity contribution in [2.45, 2.75) is 26.4 Å². The minimum Gasteiger partial charge on any atom is -0.241 e. The Bertz CT molecular complexity index is 307. The van der Waals surface area contributed by atoms with Crippen LogP contribution in [0.1, 0.15) is 25.4 Å². The number of hydrogen-bond donors (Lipinski definition) is 0. The molecule has 0 amide bonds. The summed E-state index contributed by atoms with van der Waals surface area (Å²) in [6, 6.07) is 0.879. The molecule has 14 heavy (non-hydrogen) atoms. The SMILES string of the molecule is CC(C)Cc1nccc(C(F)(F)F)n1. The van der Waals surface area contributed by atoms with Crippen LogP contribution in [0.2, 0.25) is 0 Å². The van der Waals surface area contributed by atoms with E-state index >= 15 is 0 Å². The van der Waals surface area contributed by atoms with Gasteiger partial charge in [0.15, 0.2) is 0 Å². The first-order chi connectivity index (χ1) is 6.39. The number of hydrogen-bond acceptors (Lipinski definition) is 2. The highest BCUT2D eigenvalue weighted by Gasteiger charge is 2.32. The van der Waals surface area contributed by atoms with Gasteiger partial charge in [0.05, 0.1) is 0 Å². The summed E-state index contributed by atoms with van der Waals surface area (Å²) < 4.78 is 36.6. The van der Waals surface area contributed by atoms with Crippen molar-refractivity contribution in [1.29, 1.82) is 0 Å². The number of alkyl halides is 3. The van der Waals surface area contributed by atoms with E-state index in [1.54, 1.807) is 0 Å². The summed E-state index contributed by atoms with van der Waals surface area (Å²) in [6.45, 7) is 3.81. The van der Waals surface area contributed by atoms with Crippen molar-refractivity contribution in [2.24, 2.45) is 5.92 Å². The van der Waals surface area contributed by atoms with Crippen molar-refractivity contribution in [3.8, 4) is 0 Å². The summed E-state index contributed by atoms with van der Waals surface area (Å²) in [5, 5.41) is 0. The zero-order chi connectivity index (χ0) is 10.8. The maximum Gasteiger partial charge on any atom is 0.433 e. The van der Waals surface area contributed by atoms with E-state index < -0.39 is 11.9 Å². The predicted octanol–water partition coefficient (Wildman–Crippen LogP) is 2.69. The largest absolute Gasteiger partial charge is 0.433 e. The summed E-state index contributed by atoms with van der Waals surface area (Å²) in [6.07, 6.45) is -2.77. The lowest BCUT2D eigenvalue weighted by Crippen LogP contribution is -2.11. The van der Waals surface area contributed by atoms with Crippen LogP contribution in [0.5, 0.6) is 0 Å². The smallest absolute Gasteiger partial charge is 0.241 e. The molecule has 0 spiro atoms. The molecule has 0 radical (unpaired) electrons. The molecule has 0 saturated carbocycles. The fourth-order valence-corrected chi connectivity index (χ4v) is 1.02. The lowest BCUT2D eigenvalue weighted by molar-refractivity contribution is -0.141. The van der Waals surface area contributed by atoms with Gasteiger partial charge in [0.2, 0.25) is 0 Å². The molecule has 1 heterocycles. The van der Waals surface area contributed by atoms with Crippen molar-refractivity contribution >= 4 is 0 Å². The molecule has 1 aromatic heterocycles. The third kappa shape index (κ3) is 2.97. The van der Waals surface area contributed by atoms with Crippen molar-refractivity contribution < 1.29 is 13.2 Å². The second-order valence-corrected chi connectivity index (χ2v) is 3.45. The Labute approximate surface area is 80.2 Å². The van der Waals surface area contributed by atoms with Crippen molar-refractivity contribution in [3.63, 3.8) is 0 Å². The standard InChI is InChI=1S/C9H11F3N2/c1-6(2)5-8-13-4-3-7(14-8)9(10,11)12/h3-4,6H,5H2,1-2H3. The van der Waals surface area contributed by atoms with Crippen molar-refractivity contribution in [2.75, 3.05) is 0 Å². The van der Waals surface area contributed by atoms with E-state index in [9.17, 15) is 13.2 Å². The molecule has 78 valence electrons. The highest BCUT2D eigenvalue weighted by molar-refractivity contribution is 5.06. The van der Waals surface area contributed by atoms with E-state index in [-0.39, 0.29) is 11.7 Å². The second-order valence-electron chi connectivity index (χ2n) is 3.45. The van der Waals surface area contributed by atoms with Crippen LogP contribution in [0.3, 0.4) is 0 Å². The van der Waals surface area contributed by atoms with E-state index in [1.165, 1.54) is 0 Å². The minimum atomic E-state index is -4.38. The molecule has 0 fully saturated rings. The maximum atomic E-state index is 12.2. The molecule has 0 bridgehead atoms. The molecule has 2 nitrogen and oxygen atoms in total. The molecule has 0 aliphatic carbocycles. The Hall–Kier alpha value is -1.13. The van der Waals surface area contributed by atoms with Gasteiger partial charge in [-0.05, 0) is 12.0 Å². The highest BCUT2D eigenvalue weighted by atomic mass is 19.4. The lowest BCUT2D eigenvalue weighted by Gasteiger charge is -2.07. The quantitative estimate of drug-likeness (QED) is 0.740. The zero-order valence-corrected chi connectivity index (χ0v) is 7.97. The average Bonchev–Trinajstić information content (AvgIpc) is 2.01. The van der Waals surface area contributed by atoms with Crippen molar-refractivity contribution in [1.82, 2.24) is 9.97 Å². The molecule has 0 atom stereocenters. The van der Waals surface area contributed by atoms with Gasteiger partial charge in [-0.3, -0.25) is 0 Å². The summed E-state index contributed by atoms with van der Waals surface area (Å²) in [4.78, 5) is 7.23. The first-order valence-electron chi connectivity index (χ1n) is 4.28. The van der Waals surface area contributed by atoms with E-state index in [0.29, 0.717) is 6.42 Å². The topological polar surface area (TPSA) is 25.8 Å². The van der Waals surface area contributed by atoms with E-state index in [1.807, 2.05) is 13.8 Å². The lowest BCUT2D eigenvalue weighted by atomic mass is 10.1. The van der Waals surface area contributed by atoms with E-state index in [4.69, 9.17) is 0 Å². The molecule has 0 saturated heterocycles. The molecular formula is C9H11F3N2. The van der Waals surface area contributed by atoms with Gasteiger partial charge in [0.1, 0.15) is 11.5 Å². The van der Waals surface area contributed by atoms with Crippen LogP contribution in [-0.2, 0) is 12.6 Å². The first kappa shape index (κ1) is 10.9. The molecule has 0 aliphatic heterocycles. The number of nitrogens with zero attached hydrogens (tertiary/aromatic N) is 2. The molecule has 0 N–H and O–H groups in total. The Morgan fingerprint density at radius 3 is 2.50 bits per heavy atom. The van der Waals surface area contributed by atoms with Crippen LogP contribution in [0.25, 0.3) is 0 Å². The summed E-state index contributed by atoms with van der Waals surface area (Å²) in [5.74, 6) is 0.494. The van der Waals surface area contributed by atoms with E-state index in [2.05, 4.69) is 9.97 Å². The molecule has 0 unspecified atom stereocenters. The van der Waals surface area contributed by atoms with Crippen molar-refractivity contribution in [3.05, 3.63) is 23.8 Å². The molecular weight excluding hydrogens is 193 g/mol.